The first kappa shape index (κ1) is 17.9. The minimum atomic E-state index is -0.593. The molecule has 3 aromatic carbocycles. The van der Waals surface area contributed by atoms with Crippen molar-refractivity contribution in [1.82, 2.24) is 4.90 Å². The molecule has 5 nitrogen and oxygen atoms in total. The number of hydrogen-bond acceptors (Lipinski definition) is 4. The molecular weight excluding hydrogens is 390 g/mol. The molecule has 29 heavy (non-hydrogen) atoms. The summed E-state index contributed by atoms with van der Waals surface area (Å²) < 4.78 is 17.0. The van der Waals surface area contributed by atoms with Gasteiger partial charge in [0.25, 0.3) is 5.91 Å². The number of nitrogens with zero attached hydrogens (tertiary/aromatic N) is 1. The van der Waals surface area contributed by atoms with Crippen molar-refractivity contribution in [2.75, 3.05) is 6.79 Å². The smallest absolute Gasteiger partial charge is 0.267 e. The molecule has 1 amide bonds. The van der Waals surface area contributed by atoms with Crippen LogP contribution in [0.25, 0.3) is 0 Å². The number of para-hydroxylation sites is 1. The molecule has 3 aromatic rings. The summed E-state index contributed by atoms with van der Waals surface area (Å²) in [6.07, 6.45) is -0.593. The molecule has 0 bridgehead atoms. The standard InChI is InChI=1S/C23H18ClNO4/c24-17-9-6-15(7-10-17)13-25-21(16-8-11-19-20(12-16)28-14-27-19)22(23(25)26)29-18-4-2-1-3-5-18/h1-12,21-22H,13-14H2/t21-,22+/m0/s1. The Morgan fingerprint density at radius 2 is 1.72 bits per heavy atom. The zero-order chi connectivity index (χ0) is 19.8. The van der Waals surface area contributed by atoms with Gasteiger partial charge in [-0.05, 0) is 47.5 Å². The number of β-lactam (4-membered cyclic amide) rings is 1. The summed E-state index contributed by atoms with van der Waals surface area (Å²) >= 11 is 5.99. The monoisotopic (exact) mass is 407 g/mol. The molecule has 2 aliphatic rings. The van der Waals surface area contributed by atoms with E-state index in [1.807, 2.05) is 77.7 Å². The van der Waals surface area contributed by atoms with Crippen LogP contribution in [0.3, 0.4) is 0 Å². The van der Waals surface area contributed by atoms with Crippen LogP contribution in [0.15, 0.2) is 72.8 Å². The maximum absolute atomic E-state index is 13.0. The van der Waals surface area contributed by atoms with Gasteiger partial charge < -0.3 is 19.1 Å². The predicted molar refractivity (Wildman–Crippen MR) is 108 cm³/mol. The summed E-state index contributed by atoms with van der Waals surface area (Å²) in [5.41, 5.74) is 1.95. The lowest BCUT2D eigenvalue weighted by Crippen LogP contribution is -2.60. The fraction of sp³-hybridized carbons (Fsp3) is 0.174. The van der Waals surface area contributed by atoms with Gasteiger partial charge in [-0.25, -0.2) is 0 Å². The van der Waals surface area contributed by atoms with Gasteiger partial charge in [0.15, 0.2) is 11.5 Å². The number of benzene rings is 3. The first-order valence-corrected chi connectivity index (χ1v) is 9.73. The van der Waals surface area contributed by atoms with Crippen LogP contribution < -0.4 is 14.2 Å². The van der Waals surface area contributed by atoms with Gasteiger partial charge in [-0.15, -0.1) is 0 Å². The SMILES string of the molecule is O=C1[C@H](Oc2ccccc2)[C@H](c2ccc3c(c2)OCO3)N1Cc1ccc(Cl)cc1. The van der Waals surface area contributed by atoms with E-state index in [1.54, 1.807) is 0 Å². The molecule has 146 valence electrons. The number of likely N-dealkylation sites (tertiary alicyclic amines) is 1. The van der Waals surface area contributed by atoms with Gasteiger partial charge in [0.2, 0.25) is 12.9 Å². The second kappa shape index (κ2) is 7.33. The largest absolute Gasteiger partial charge is 0.478 e. The molecule has 0 N–H and O–H groups in total. The topological polar surface area (TPSA) is 48.0 Å². The van der Waals surface area contributed by atoms with E-state index in [9.17, 15) is 4.79 Å². The third-order valence-corrected chi connectivity index (χ3v) is 5.41. The van der Waals surface area contributed by atoms with Gasteiger partial charge in [0.05, 0.1) is 0 Å². The first-order valence-electron chi connectivity index (χ1n) is 9.35. The molecule has 1 fully saturated rings. The van der Waals surface area contributed by atoms with Crippen molar-refractivity contribution < 1.29 is 19.0 Å². The van der Waals surface area contributed by atoms with Crippen LogP contribution in [-0.2, 0) is 11.3 Å². The Morgan fingerprint density at radius 3 is 2.52 bits per heavy atom. The van der Waals surface area contributed by atoms with Crippen molar-refractivity contribution in [3.8, 4) is 17.2 Å². The average Bonchev–Trinajstić information content (AvgIpc) is 3.22. The molecule has 2 aliphatic heterocycles. The highest BCUT2D eigenvalue weighted by Crippen LogP contribution is 2.42. The predicted octanol–water partition coefficient (Wildman–Crippen LogP) is 4.60. The lowest BCUT2D eigenvalue weighted by molar-refractivity contribution is -0.165. The van der Waals surface area contributed by atoms with E-state index in [0.717, 1.165) is 11.1 Å². The second-order valence-corrected chi connectivity index (χ2v) is 7.44. The number of amides is 1. The normalized spacial score (nSPS) is 19.8. The van der Waals surface area contributed by atoms with Crippen LogP contribution in [0.1, 0.15) is 17.2 Å². The number of carbonyl (C=O) groups excluding carboxylic acids is 1. The summed E-state index contributed by atoms with van der Waals surface area (Å²) in [5.74, 6) is 2.02. The van der Waals surface area contributed by atoms with Gasteiger partial charge in [-0.1, -0.05) is 48.0 Å². The number of hydrogen-bond donors (Lipinski definition) is 0. The average molecular weight is 408 g/mol. The molecule has 0 aromatic heterocycles. The Balaban J connectivity index is 1.45. The molecule has 0 saturated carbocycles. The lowest BCUT2D eigenvalue weighted by atomic mass is 9.89. The van der Waals surface area contributed by atoms with Gasteiger partial charge in [-0.2, -0.15) is 0 Å². The minimum Gasteiger partial charge on any atom is -0.478 e. The molecular formula is C23H18ClNO4. The Labute approximate surface area is 173 Å². The van der Waals surface area contributed by atoms with Crippen LogP contribution >= 0.6 is 11.6 Å². The van der Waals surface area contributed by atoms with Crippen molar-refractivity contribution in [3.63, 3.8) is 0 Å². The van der Waals surface area contributed by atoms with Crippen molar-refractivity contribution in [1.29, 1.82) is 0 Å². The third kappa shape index (κ3) is 3.38. The summed E-state index contributed by atoms with van der Waals surface area (Å²) in [6, 6.07) is 22.4. The van der Waals surface area contributed by atoms with Crippen molar-refractivity contribution in [2.45, 2.75) is 18.7 Å². The quantitative estimate of drug-likeness (QED) is 0.580. The summed E-state index contributed by atoms with van der Waals surface area (Å²) in [6.45, 7) is 0.685. The number of halogens is 1. The van der Waals surface area contributed by atoms with Crippen LogP contribution in [0.2, 0.25) is 5.02 Å². The van der Waals surface area contributed by atoms with E-state index >= 15 is 0 Å². The van der Waals surface area contributed by atoms with Crippen LogP contribution in [0.5, 0.6) is 17.2 Å². The molecule has 1 saturated heterocycles. The maximum Gasteiger partial charge on any atom is 0.267 e. The fourth-order valence-corrected chi connectivity index (χ4v) is 3.82. The minimum absolute atomic E-state index is 0.0496. The Kier molecular flexibility index (Phi) is 4.52. The highest BCUT2D eigenvalue weighted by molar-refractivity contribution is 6.30. The van der Waals surface area contributed by atoms with E-state index in [2.05, 4.69) is 0 Å². The molecule has 2 heterocycles. The molecule has 6 heteroatoms. The highest BCUT2D eigenvalue weighted by Gasteiger charge is 2.50. The van der Waals surface area contributed by atoms with Gasteiger partial charge in [-0.3, -0.25) is 4.79 Å². The number of rotatable bonds is 5. The lowest BCUT2D eigenvalue weighted by Gasteiger charge is -2.46. The second-order valence-electron chi connectivity index (χ2n) is 7.00. The third-order valence-electron chi connectivity index (χ3n) is 5.16. The van der Waals surface area contributed by atoms with Crippen molar-refractivity contribution >= 4 is 17.5 Å². The molecule has 0 aliphatic carbocycles. The van der Waals surface area contributed by atoms with Gasteiger partial charge >= 0.3 is 0 Å². The molecule has 0 radical (unpaired) electrons. The zero-order valence-electron chi connectivity index (χ0n) is 15.5. The Bertz CT molecular complexity index is 1040. The van der Waals surface area contributed by atoms with Crippen molar-refractivity contribution in [3.05, 3.63) is 88.9 Å². The molecule has 2 atom stereocenters. The molecule has 0 spiro atoms. The molecule has 0 unspecified atom stereocenters. The maximum atomic E-state index is 13.0. The highest BCUT2D eigenvalue weighted by atomic mass is 35.5. The molecule has 5 rings (SSSR count). The van der Waals surface area contributed by atoms with E-state index in [1.165, 1.54) is 0 Å². The van der Waals surface area contributed by atoms with E-state index in [-0.39, 0.29) is 18.7 Å². The Morgan fingerprint density at radius 1 is 0.966 bits per heavy atom. The fourth-order valence-electron chi connectivity index (χ4n) is 3.69. The van der Waals surface area contributed by atoms with E-state index < -0.39 is 6.10 Å². The van der Waals surface area contributed by atoms with Gasteiger partial charge in [0, 0.05) is 11.6 Å². The van der Waals surface area contributed by atoms with E-state index in [0.29, 0.717) is 28.8 Å². The van der Waals surface area contributed by atoms with Crippen LogP contribution in [0.4, 0.5) is 0 Å². The summed E-state index contributed by atoms with van der Waals surface area (Å²) in [7, 11) is 0. The summed E-state index contributed by atoms with van der Waals surface area (Å²) in [5, 5.41) is 0.668. The number of fused-ring (bicyclic) bond motifs is 1. The summed E-state index contributed by atoms with van der Waals surface area (Å²) in [4.78, 5) is 14.8. The van der Waals surface area contributed by atoms with E-state index in [4.69, 9.17) is 25.8 Å². The zero-order valence-corrected chi connectivity index (χ0v) is 16.2. The number of ether oxygens (including phenoxy) is 3. The Hall–Kier alpha value is -3.18. The van der Waals surface area contributed by atoms with Crippen molar-refractivity contribution in [2.24, 2.45) is 0 Å². The number of carbonyl (C=O) groups is 1. The first-order chi connectivity index (χ1) is 14.2. The van der Waals surface area contributed by atoms with Crippen LogP contribution in [0, 0.1) is 0 Å². The van der Waals surface area contributed by atoms with Crippen LogP contribution in [-0.4, -0.2) is 23.7 Å². The van der Waals surface area contributed by atoms with Gasteiger partial charge in [0.1, 0.15) is 11.8 Å².